The van der Waals surface area contributed by atoms with Crippen LogP contribution >= 0.6 is 0 Å². The van der Waals surface area contributed by atoms with Gasteiger partial charge >= 0.3 is 0 Å². The number of nitrogens with zero attached hydrogens (tertiary/aromatic N) is 3. The SMILES string of the molecule is CCc1ccc([C@H](C)Nc2ncnc3nc[nH]c23)cc1. The van der Waals surface area contributed by atoms with Gasteiger partial charge in [0.2, 0.25) is 0 Å². The summed E-state index contributed by atoms with van der Waals surface area (Å²) in [6.07, 6.45) is 4.21. The highest BCUT2D eigenvalue weighted by atomic mass is 15.1. The van der Waals surface area contributed by atoms with Gasteiger partial charge in [-0.3, -0.25) is 0 Å². The number of rotatable bonds is 4. The molecular weight excluding hydrogens is 250 g/mol. The van der Waals surface area contributed by atoms with Crippen molar-refractivity contribution >= 4 is 17.0 Å². The van der Waals surface area contributed by atoms with E-state index in [1.165, 1.54) is 17.5 Å². The normalized spacial score (nSPS) is 12.5. The summed E-state index contributed by atoms with van der Waals surface area (Å²) in [6, 6.07) is 8.81. The zero-order valence-electron chi connectivity index (χ0n) is 11.6. The second-order valence-corrected chi connectivity index (χ2v) is 4.78. The Labute approximate surface area is 117 Å². The van der Waals surface area contributed by atoms with Crippen molar-refractivity contribution in [1.82, 2.24) is 19.9 Å². The van der Waals surface area contributed by atoms with E-state index in [1.807, 2.05) is 0 Å². The molecule has 0 saturated heterocycles. The number of fused-ring (bicyclic) bond motifs is 1. The number of hydrogen-bond donors (Lipinski definition) is 2. The molecule has 5 heteroatoms. The molecule has 1 atom stereocenters. The van der Waals surface area contributed by atoms with Crippen molar-refractivity contribution < 1.29 is 0 Å². The van der Waals surface area contributed by atoms with E-state index < -0.39 is 0 Å². The third-order valence-electron chi connectivity index (χ3n) is 3.46. The van der Waals surface area contributed by atoms with Crippen molar-refractivity contribution in [1.29, 1.82) is 0 Å². The Hall–Kier alpha value is -2.43. The van der Waals surface area contributed by atoms with Gasteiger partial charge in [0.1, 0.15) is 11.8 Å². The highest BCUT2D eigenvalue weighted by Gasteiger charge is 2.10. The summed E-state index contributed by atoms with van der Waals surface area (Å²) in [7, 11) is 0. The molecule has 1 aromatic carbocycles. The minimum absolute atomic E-state index is 0.169. The van der Waals surface area contributed by atoms with Crippen LogP contribution in [0.4, 0.5) is 5.82 Å². The zero-order valence-corrected chi connectivity index (χ0v) is 11.6. The van der Waals surface area contributed by atoms with Gasteiger partial charge in [0.25, 0.3) is 0 Å². The van der Waals surface area contributed by atoms with E-state index in [0.717, 1.165) is 17.8 Å². The molecule has 3 rings (SSSR count). The zero-order chi connectivity index (χ0) is 13.9. The van der Waals surface area contributed by atoms with Crippen molar-refractivity contribution in [2.75, 3.05) is 5.32 Å². The van der Waals surface area contributed by atoms with Gasteiger partial charge in [0.05, 0.1) is 12.4 Å². The minimum atomic E-state index is 0.169. The van der Waals surface area contributed by atoms with E-state index in [1.54, 1.807) is 6.33 Å². The first-order valence-corrected chi connectivity index (χ1v) is 6.77. The number of H-pyrrole nitrogens is 1. The van der Waals surface area contributed by atoms with Crippen molar-refractivity contribution in [3.05, 3.63) is 48.0 Å². The summed E-state index contributed by atoms with van der Waals surface area (Å²) < 4.78 is 0. The molecule has 0 fully saturated rings. The molecule has 0 aliphatic heterocycles. The fourth-order valence-electron chi connectivity index (χ4n) is 2.20. The molecule has 0 amide bonds. The Morgan fingerprint density at radius 2 is 1.95 bits per heavy atom. The highest BCUT2D eigenvalue weighted by Crippen LogP contribution is 2.22. The molecule has 0 spiro atoms. The van der Waals surface area contributed by atoms with Crippen LogP contribution in [0.5, 0.6) is 0 Å². The quantitative estimate of drug-likeness (QED) is 0.762. The Balaban J connectivity index is 1.84. The maximum Gasteiger partial charge on any atom is 0.182 e. The smallest absolute Gasteiger partial charge is 0.182 e. The van der Waals surface area contributed by atoms with Gasteiger partial charge in [-0.25, -0.2) is 15.0 Å². The van der Waals surface area contributed by atoms with Crippen LogP contribution in [0.15, 0.2) is 36.9 Å². The van der Waals surface area contributed by atoms with Crippen molar-refractivity contribution in [2.45, 2.75) is 26.3 Å². The molecule has 5 nitrogen and oxygen atoms in total. The standard InChI is InChI=1S/C15H17N5/c1-3-11-4-6-12(7-5-11)10(2)20-15-13-14(17-8-16-13)18-9-19-15/h4-10H,3H2,1-2H3,(H2,16,17,18,19,20)/t10-/m0/s1. The average Bonchev–Trinajstić information content (AvgIpc) is 2.97. The second-order valence-electron chi connectivity index (χ2n) is 4.78. The van der Waals surface area contributed by atoms with E-state index in [9.17, 15) is 0 Å². The van der Waals surface area contributed by atoms with Crippen molar-refractivity contribution in [2.24, 2.45) is 0 Å². The Morgan fingerprint density at radius 3 is 2.70 bits per heavy atom. The Kier molecular flexibility index (Phi) is 3.33. The predicted octanol–water partition coefficient (Wildman–Crippen LogP) is 3.09. The summed E-state index contributed by atoms with van der Waals surface area (Å²) in [5.74, 6) is 0.777. The van der Waals surface area contributed by atoms with Crippen molar-refractivity contribution in [3.63, 3.8) is 0 Å². The Bertz CT molecular complexity index is 702. The molecule has 20 heavy (non-hydrogen) atoms. The molecule has 3 aromatic rings. The first-order chi connectivity index (χ1) is 9.78. The lowest BCUT2D eigenvalue weighted by molar-refractivity contribution is 0.873. The van der Waals surface area contributed by atoms with Gasteiger partial charge < -0.3 is 10.3 Å². The molecule has 0 radical (unpaired) electrons. The number of aromatic nitrogens is 4. The molecule has 0 saturated carbocycles. The van der Waals surface area contributed by atoms with Gasteiger partial charge in [0, 0.05) is 0 Å². The van der Waals surface area contributed by atoms with Gasteiger partial charge in [-0.15, -0.1) is 0 Å². The van der Waals surface area contributed by atoms with Gasteiger partial charge in [-0.2, -0.15) is 0 Å². The third-order valence-corrected chi connectivity index (χ3v) is 3.46. The summed E-state index contributed by atoms with van der Waals surface area (Å²) in [4.78, 5) is 15.6. The molecule has 2 aromatic heterocycles. The monoisotopic (exact) mass is 267 g/mol. The maximum atomic E-state index is 4.28. The number of hydrogen-bond acceptors (Lipinski definition) is 4. The molecular formula is C15H17N5. The van der Waals surface area contributed by atoms with Crippen LogP contribution in [0.25, 0.3) is 11.2 Å². The molecule has 2 heterocycles. The highest BCUT2D eigenvalue weighted by molar-refractivity contribution is 5.82. The topological polar surface area (TPSA) is 66.5 Å². The summed E-state index contributed by atoms with van der Waals surface area (Å²) in [5.41, 5.74) is 4.09. The number of aryl methyl sites for hydroxylation is 1. The Morgan fingerprint density at radius 1 is 1.15 bits per heavy atom. The fourth-order valence-corrected chi connectivity index (χ4v) is 2.20. The van der Waals surface area contributed by atoms with Gasteiger partial charge in [-0.05, 0) is 24.5 Å². The van der Waals surface area contributed by atoms with E-state index in [4.69, 9.17) is 0 Å². The molecule has 0 unspecified atom stereocenters. The number of benzene rings is 1. The number of anilines is 1. The van der Waals surface area contributed by atoms with E-state index in [2.05, 4.69) is 63.4 Å². The van der Waals surface area contributed by atoms with Crippen LogP contribution in [0.3, 0.4) is 0 Å². The lowest BCUT2D eigenvalue weighted by Crippen LogP contribution is -2.08. The molecule has 2 N–H and O–H groups in total. The van der Waals surface area contributed by atoms with Crippen LogP contribution in [-0.2, 0) is 6.42 Å². The largest absolute Gasteiger partial charge is 0.362 e. The van der Waals surface area contributed by atoms with E-state index in [0.29, 0.717) is 5.65 Å². The number of imidazole rings is 1. The van der Waals surface area contributed by atoms with Crippen LogP contribution in [0, 0.1) is 0 Å². The van der Waals surface area contributed by atoms with Crippen LogP contribution < -0.4 is 5.32 Å². The van der Waals surface area contributed by atoms with Crippen LogP contribution in [-0.4, -0.2) is 19.9 Å². The summed E-state index contributed by atoms with van der Waals surface area (Å²) in [6.45, 7) is 4.28. The second kappa shape index (κ2) is 5.28. The first kappa shape index (κ1) is 12.6. The molecule has 0 aliphatic carbocycles. The lowest BCUT2D eigenvalue weighted by atomic mass is 10.1. The van der Waals surface area contributed by atoms with E-state index in [-0.39, 0.29) is 6.04 Å². The first-order valence-electron chi connectivity index (χ1n) is 6.77. The number of aromatic amines is 1. The lowest BCUT2D eigenvalue weighted by Gasteiger charge is -2.15. The van der Waals surface area contributed by atoms with E-state index >= 15 is 0 Å². The summed E-state index contributed by atoms with van der Waals surface area (Å²) >= 11 is 0. The van der Waals surface area contributed by atoms with Crippen LogP contribution in [0.1, 0.15) is 31.0 Å². The van der Waals surface area contributed by atoms with Gasteiger partial charge in [-0.1, -0.05) is 31.2 Å². The van der Waals surface area contributed by atoms with Gasteiger partial charge in [0.15, 0.2) is 11.5 Å². The molecule has 0 aliphatic rings. The molecule has 0 bridgehead atoms. The summed E-state index contributed by atoms with van der Waals surface area (Å²) in [5, 5.41) is 3.40. The third kappa shape index (κ3) is 2.34. The number of nitrogens with one attached hydrogen (secondary N) is 2. The average molecular weight is 267 g/mol. The van der Waals surface area contributed by atoms with Crippen LogP contribution in [0.2, 0.25) is 0 Å². The molecule has 102 valence electrons. The van der Waals surface area contributed by atoms with Crippen molar-refractivity contribution in [3.8, 4) is 0 Å². The minimum Gasteiger partial charge on any atom is -0.362 e. The maximum absolute atomic E-state index is 4.28. The fraction of sp³-hybridized carbons (Fsp3) is 0.267. The predicted molar refractivity (Wildman–Crippen MR) is 79.5 cm³/mol.